The number of aliphatic carboxylic acids is 1. The fourth-order valence-electron chi connectivity index (χ4n) is 1.89. The van der Waals surface area contributed by atoms with E-state index in [0.717, 1.165) is 16.3 Å². The molecule has 4 nitrogen and oxygen atoms in total. The Morgan fingerprint density at radius 3 is 2.32 bits per heavy atom. The van der Waals surface area contributed by atoms with Gasteiger partial charge in [-0.1, -0.05) is 42.5 Å². The van der Waals surface area contributed by atoms with Gasteiger partial charge in [-0.2, -0.15) is 0 Å². The van der Waals surface area contributed by atoms with Crippen molar-refractivity contribution in [1.82, 2.24) is 0 Å². The Bertz CT molecular complexity index is 658. The second-order valence-electron chi connectivity index (χ2n) is 4.30. The summed E-state index contributed by atoms with van der Waals surface area (Å²) in [5, 5.41) is 10.5. The van der Waals surface area contributed by atoms with Gasteiger partial charge in [0.2, 0.25) is 5.78 Å². The first-order chi connectivity index (χ1) is 9.06. The van der Waals surface area contributed by atoms with Gasteiger partial charge in [-0.3, -0.25) is 9.59 Å². The number of rotatable bonds is 5. The Labute approximate surface area is 109 Å². The van der Waals surface area contributed by atoms with E-state index in [0.29, 0.717) is 0 Å². The lowest BCUT2D eigenvalue weighted by Gasteiger charge is -2.02. The predicted octanol–water partition coefficient (Wildman–Crippen LogP) is 2.00. The van der Waals surface area contributed by atoms with Crippen LogP contribution in [0.3, 0.4) is 0 Å². The van der Waals surface area contributed by atoms with Crippen LogP contribution >= 0.6 is 0 Å². The van der Waals surface area contributed by atoms with Crippen molar-refractivity contribution in [3.8, 4) is 0 Å². The summed E-state index contributed by atoms with van der Waals surface area (Å²) in [6.07, 6.45) is -0.480. The average molecular weight is 256 g/mol. The van der Waals surface area contributed by atoms with Gasteiger partial charge in [0, 0.05) is 6.42 Å². The van der Waals surface area contributed by atoms with Gasteiger partial charge in [-0.15, -0.1) is 0 Å². The maximum atomic E-state index is 11.6. The lowest BCUT2D eigenvalue weighted by atomic mass is 10.0. The Morgan fingerprint density at radius 1 is 0.947 bits per heavy atom. The van der Waals surface area contributed by atoms with Crippen molar-refractivity contribution in [1.29, 1.82) is 0 Å². The summed E-state index contributed by atoms with van der Waals surface area (Å²) < 4.78 is 0. The highest BCUT2D eigenvalue weighted by Crippen LogP contribution is 2.16. The Balaban J connectivity index is 2.11. The minimum absolute atomic E-state index is 0.0733. The molecular weight excluding hydrogens is 244 g/mol. The van der Waals surface area contributed by atoms with Crippen molar-refractivity contribution in [2.24, 2.45) is 0 Å². The molecule has 0 saturated carbocycles. The zero-order valence-corrected chi connectivity index (χ0v) is 10.1. The molecule has 0 heterocycles. The van der Waals surface area contributed by atoms with Crippen LogP contribution in [-0.2, 0) is 20.8 Å². The molecule has 1 N–H and O–H groups in total. The lowest BCUT2D eigenvalue weighted by molar-refractivity contribution is -0.150. The Kier molecular flexibility index (Phi) is 3.71. The fourth-order valence-corrected chi connectivity index (χ4v) is 1.89. The van der Waals surface area contributed by atoms with E-state index in [2.05, 4.69) is 0 Å². The molecule has 0 radical (unpaired) electrons. The van der Waals surface area contributed by atoms with Gasteiger partial charge in [0.25, 0.3) is 0 Å². The third-order valence-corrected chi connectivity index (χ3v) is 2.81. The first-order valence-electron chi connectivity index (χ1n) is 5.82. The van der Waals surface area contributed by atoms with E-state index >= 15 is 0 Å². The number of Topliss-reactive ketones (excluding diaryl/α,β-unsaturated/α-hetero) is 2. The number of carbonyl (C=O) groups is 3. The molecule has 0 fully saturated rings. The van der Waals surface area contributed by atoms with Crippen molar-refractivity contribution >= 4 is 28.3 Å². The van der Waals surface area contributed by atoms with Crippen LogP contribution < -0.4 is 0 Å². The standard InChI is InChI=1S/C15H12O4/c16-13(9-14(17)15(18)19)8-10-5-6-11-3-1-2-4-12(11)7-10/h1-7H,8-9H2,(H,18,19). The maximum absolute atomic E-state index is 11.6. The van der Waals surface area contributed by atoms with E-state index < -0.39 is 18.2 Å². The van der Waals surface area contributed by atoms with Gasteiger partial charge < -0.3 is 5.11 Å². The van der Waals surface area contributed by atoms with E-state index in [1.54, 1.807) is 0 Å². The van der Waals surface area contributed by atoms with Crippen LogP contribution in [0.25, 0.3) is 10.8 Å². The van der Waals surface area contributed by atoms with Gasteiger partial charge in [-0.05, 0) is 16.3 Å². The molecule has 0 atom stereocenters. The number of hydrogen-bond donors (Lipinski definition) is 1. The third-order valence-electron chi connectivity index (χ3n) is 2.81. The van der Waals surface area contributed by atoms with Gasteiger partial charge in [0.05, 0.1) is 6.42 Å². The number of carbonyl (C=O) groups excluding carboxylic acids is 2. The highest BCUT2D eigenvalue weighted by molar-refractivity contribution is 6.36. The molecule has 96 valence electrons. The summed E-state index contributed by atoms with van der Waals surface area (Å²) in [6, 6.07) is 13.3. The molecule has 0 aromatic heterocycles. The van der Waals surface area contributed by atoms with Crippen LogP contribution in [0.5, 0.6) is 0 Å². The maximum Gasteiger partial charge on any atom is 0.372 e. The number of ketones is 2. The monoisotopic (exact) mass is 256 g/mol. The van der Waals surface area contributed by atoms with E-state index in [9.17, 15) is 14.4 Å². The quantitative estimate of drug-likeness (QED) is 0.656. The highest BCUT2D eigenvalue weighted by atomic mass is 16.4. The van der Waals surface area contributed by atoms with Crippen molar-refractivity contribution in [3.63, 3.8) is 0 Å². The minimum atomic E-state index is -1.56. The Hall–Kier alpha value is -2.49. The second-order valence-corrected chi connectivity index (χ2v) is 4.30. The molecule has 0 amide bonds. The summed E-state index contributed by atoms with van der Waals surface area (Å²) in [6.45, 7) is 0. The molecular formula is C15H12O4. The van der Waals surface area contributed by atoms with Gasteiger partial charge in [0.1, 0.15) is 5.78 Å². The summed E-state index contributed by atoms with van der Waals surface area (Å²) in [7, 11) is 0. The molecule has 0 aliphatic heterocycles. The molecule has 0 aliphatic carbocycles. The largest absolute Gasteiger partial charge is 0.475 e. The van der Waals surface area contributed by atoms with Crippen molar-refractivity contribution in [2.75, 3.05) is 0 Å². The molecule has 2 aromatic rings. The molecule has 19 heavy (non-hydrogen) atoms. The van der Waals surface area contributed by atoms with Crippen molar-refractivity contribution in [2.45, 2.75) is 12.8 Å². The smallest absolute Gasteiger partial charge is 0.372 e. The molecule has 0 saturated heterocycles. The fraction of sp³-hybridized carbons (Fsp3) is 0.133. The van der Waals surface area contributed by atoms with Crippen molar-refractivity contribution in [3.05, 3.63) is 48.0 Å². The third kappa shape index (κ3) is 3.25. The lowest BCUT2D eigenvalue weighted by Crippen LogP contribution is -2.18. The van der Waals surface area contributed by atoms with Crippen LogP contribution in [0.2, 0.25) is 0 Å². The summed E-state index contributed by atoms with van der Waals surface area (Å²) >= 11 is 0. The first kappa shape index (κ1) is 13.0. The SMILES string of the molecule is O=C(CC(=O)C(=O)O)Cc1ccc2ccccc2c1. The van der Waals surface area contributed by atoms with Crippen LogP contribution in [0.4, 0.5) is 0 Å². The number of benzene rings is 2. The molecule has 0 aliphatic rings. The zero-order valence-electron chi connectivity index (χ0n) is 10.1. The van der Waals surface area contributed by atoms with E-state index in [4.69, 9.17) is 5.11 Å². The summed E-state index contributed by atoms with van der Waals surface area (Å²) in [5.74, 6) is -3.01. The predicted molar refractivity (Wildman–Crippen MR) is 69.9 cm³/mol. The van der Waals surface area contributed by atoms with Gasteiger partial charge in [-0.25, -0.2) is 4.79 Å². The topological polar surface area (TPSA) is 71.4 Å². The average Bonchev–Trinajstić information content (AvgIpc) is 2.38. The van der Waals surface area contributed by atoms with Crippen LogP contribution in [0, 0.1) is 0 Å². The number of fused-ring (bicyclic) bond motifs is 1. The van der Waals surface area contributed by atoms with E-state index in [1.807, 2.05) is 42.5 Å². The molecule has 2 rings (SSSR count). The first-order valence-corrected chi connectivity index (χ1v) is 5.82. The number of hydrogen-bond acceptors (Lipinski definition) is 3. The molecule has 2 aromatic carbocycles. The second kappa shape index (κ2) is 5.44. The molecule has 4 heteroatoms. The normalized spacial score (nSPS) is 10.3. The van der Waals surface area contributed by atoms with Gasteiger partial charge in [0.15, 0.2) is 0 Å². The van der Waals surface area contributed by atoms with Crippen LogP contribution in [0.1, 0.15) is 12.0 Å². The number of carboxylic acid groups (broad SMARTS) is 1. The highest BCUT2D eigenvalue weighted by Gasteiger charge is 2.16. The minimum Gasteiger partial charge on any atom is -0.475 e. The summed E-state index contributed by atoms with van der Waals surface area (Å²) in [4.78, 5) is 32.9. The van der Waals surface area contributed by atoms with Crippen molar-refractivity contribution < 1.29 is 19.5 Å². The van der Waals surface area contributed by atoms with Crippen LogP contribution in [-0.4, -0.2) is 22.6 Å². The Morgan fingerprint density at radius 2 is 1.63 bits per heavy atom. The molecule has 0 unspecified atom stereocenters. The molecule has 0 bridgehead atoms. The molecule has 0 spiro atoms. The zero-order chi connectivity index (χ0) is 13.8. The van der Waals surface area contributed by atoms with Crippen LogP contribution in [0.15, 0.2) is 42.5 Å². The van der Waals surface area contributed by atoms with E-state index in [-0.39, 0.29) is 12.2 Å². The van der Waals surface area contributed by atoms with E-state index in [1.165, 1.54) is 0 Å². The van der Waals surface area contributed by atoms with Gasteiger partial charge >= 0.3 is 5.97 Å². The number of carboxylic acids is 1. The summed E-state index contributed by atoms with van der Waals surface area (Å²) in [5.41, 5.74) is 0.780.